The molecule has 2 N–H and O–H groups in total. The summed E-state index contributed by atoms with van der Waals surface area (Å²) in [6.07, 6.45) is 1.93. The molecule has 0 radical (unpaired) electrons. The summed E-state index contributed by atoms with van der Waals surface area (Å²) in [6.45, 7) is 16.6. The van der Waals surface area contributed by atoms with Crippen molar-refractivity contribution in [3.63, 3.8) is 0 Å². The number of halogens is 1. The number of morpholine rings is 1. The van der Waals surface area contributed by atoms with Crippen molar-refractivity contribution in [2.24, 2.45) is 4.99 Å². The van der Waals surface area contributed by atoms with Crippen molar-refractivity contribution < 1.29 is 4.74 Å². The quantitative estimate of drug-likeness (QED) is 0.306. The maximum absolute atomic E-state index is 5.43. The highest BCUT2D eigenvalue weighted by atomic mass is 127. The fourth-order valence-corrected chi connectivity index (χ4v) is 3.15. The van der Waals surface area contributed by atoms with Crippen LogP contribution < -0.4 is 15.5 Å². The molecular formula is C20H37IN6O. The van der Waals surface area contributed by atoms with Crippen molar-refractivity contribution in [3.05, 3.63) is 23.9 Å². The minimum atomic E-state index is 0. The van der Waals surface area contributed by atoms with E-state index in [-0.39, 0.29) is 24.0 Å². The fraction of sp³-hybridized carbons (Fsp3) is 0.700. The molecule has 1 aromatic heterocycles. The smallest absolute Gasteiger partial charge is 0.191 e. The van der Waals surface area contributed by atoms with Crippen LogP contribution in [0.5, 0.6) is 0 Å². The number of hydrogen-bond acceptors (Lipinski definition) is 5. The molecule has 1 saturated heterocycles. The van der Waals surface area contributed by atoms with Gasteiger partial charge in [0.25, 0.3) is 0 Å². The molecule has 28 heavy (non-hydrogen) atoms. The molecule has 1 aromatic rings. The highest BCUT2D eigenvalue weighted by Crippen LogP contribution is 2.11. The third-order valence-corrected chi connectivity index (χ3v) is 4.89. The number of nitrogens with one attached hydrogen (secondary N) is 2. The average Bonchev–Trinajstić information content (AvgIpc) is 2.72. The normalized spacial score (nSPS) is 16.2. The van der Waals surface area contributed by atoms with E-state index < -0.39 is 0 Å². The highest BCUT2D eigenvalue weighted by molar-refractivity contribution is 14.0. The fourth-order valence-electron chi connectivity index (χ4n) is 3.15. The largest absolute Gasteiger partial charge is 0.379 e. The van der Waals surface area contributed by atoms with E-state index in [9.17, 15) is 0 Å². The van der Waals surface area contributed by atoms with Crippen molar-refractivity contribution in [2.75, 3.05) is 57.4 Å². The molecule has 8 heteroatoms. The predicted molar refractivity (Wildman–Crippen MR) is 128 cm³/mol. The number of ether oxygens (including phenoxy) is 1. The third kappa shape index (κ3) is 8.08. The first-order chi connectivity index (χ1) is 13.2. The molecule has 0 amide bonds. The molecular weight excluding hydrogens is 467 g/mol. The Morgan fingerprint density at radius 3 is 2.50 bits per heavy atom. The summed E-state index contributed by atoms with van der Waals surface area (Å²) in [7, 11) is 0. The van der Waals surface area contributed by atoms with E-state index in [0.717, 1.165) is 69.8 Å². The standard InChI is InChI=1S/C20H36N6O.HI/c1-5-21-20(23-14-17(4)26-10-12-27-13-11-26)24-16-18-8-9-19(22-15-18)25(6-2)7-3;/h8-9,15,17H,5-7,10-14,16H2,1-4H3,(H2,21,23,24);1H. The summed E-state index contributed by atoms with van der Waals surface area (Å²) in [4.78, 5) is 14.0. The maximum Gasteiger partial charge on any atom is 0.191 e. The van der Waals surface area contributed by atoms with Gasteiger partial charge in [0.05, 0.1) is 19.8 Å². The number of aromatic nitrogens is 1. The molecule has 1 aliphatic heterocycles. The SMILES string of the molecule is CCNC(=NCc1ccc(N(CC)CC)nc1)NCC(C)N1CCOCC1.I. The van der Waals surface area contributed by atoms with Gasteiger partial charge >= 0.3 is 0 Å². The van der Waals surface area contributed by atoms with Gasteiger partial charge in [0, 0.05) is 51.5 Å². The lowest BCUT2D eigenvalue weighted by atomic mass is 10.2. The number of pyridine rings is 1. The Balaban J connectivity index is 0.00000392. The molecule has 160 valence electrons. The third-order valence-electron chi connectivity index (χ3n) is 4.89. The van der Waals surface area contributed by atoms with Gasteiger partial charge in [-0.25, -0.2) is 9.98 Å². The minimum Gasteiger partial charge on any atom is -0.379 e. The number of rotatable bonds is 9. The Morgan fingerprint density at radius 1 is 1.21 bits per heavy atom. The molecule has 2 heterocycles. The summed E-state index contributed by atoms with van der Waals surface area (Å²) in [5.74, 6) is 1.88. The molecule has 0 bridgehead atoms. The first-order valence-corrected chi connectivity index (χ1v) is 10.2. The lowest BCUT2D eigenvalue weighted by Crippen LogP contribution is -2.49. The van der Waals surface area contributed by atoms with E-state index in [4.69, 9.17) is 9.73 Å². The van der Waals surface area contributed by atoms with Crippen LogP contribution in [0, 0.1) is 0 Å². The van der Waals surface area contributed by atoms with Crippen LogP contribution in [0.1, 0.15) is 33.3 Å². The van der Waals surface area contributed by atoms with Crippen molar-refractivity contribution in [1.82, 2.24) is 20.5 Å². The summed E-state index contributed by atoms with van der Waals surface area (Å²) < 4.78 is 5.43. The van der Waals surface area contributed by atoms with Gasteiger partial charge in [-0.05, 0) is 39.3 Å². The maximum atomic E-state index is 5.43. The summed E-state index contributed by atoms with van der Waals surface area (Å²) >= 11 is 0. The molecule has 2 rings (SSSR count). The van der Waals surface area contributed by atoms with Crippen molar-refractivity contribution in [1.29, 1.82) is 0 Å². The molecule has 0 aromatic carbocycles. The first kappa shape index (κ1) is 24.9. The van der Waals surface area contributed by atoms with Gasteiger partial charge in [0.1, 0.15) is 5.82 Å². The highest BCUT2D eigenvalue weighted by Gasteiger charge is 2.17. The average molecular weight is 504 g/mol. The molecule has 1 unspecified atom stereocenters. The Hall–Kier alpha value is -1.13. The Kier molecular flexibility index (Phi) is 12.4. The molecule has 1 atom stereocenters. The number of guanidine groups is 1. The van der Waals surface area contributed by atoms with E-state index in [2.05, 4.69) is 65.2 Å². The zero-order valence-corrected chi connectivity index (χ0v) is 20.1. The van der Waals surface area contributed by atoms with Gasteiger partial charge < -0.3 is 20.3 Å². The lowest BCUT2D eigenvalue weighted by Gasteiger charge is -2.32. The number of aliphatic imine (C=N–C) groups is 1. The van der Waals surface area contributed by atoms with Gasteiger partial charge in [-0.3, -0.25) is 4.90 Å². The molecule has 1 fully saturated rings. The summed E-state index contributed by atoms with van der Waals surface area (Å²) in [5.41, 5.74) is 1.12. The van der Waals surface area contributed by atoms with Crippen molar-refractivity contribution >= 4 is 35.8 Å². The zero-order chi connectivity index (χ0) is 19.5. The second-order valence-corrected chi connectivity index (χ2v) is 6.77. The number of hydrogen-bond donors (Lipinski definition) is 2. The van der Waals surface area contributed by atoms with Gasteiger partial charge in [-0.2, -0.15) is 0 Å². The van der Waals surface area contributed by atoms with Crippen LogP contribution in [0.15, 0.2) is 23.3 Å². The van der Waals surface area contributed by atoms with E-state index >= 15 is 0 Å². The Bertz CT molecular complexity index is 558. The van der Waals surface area contributed by atoms with E-state index in [1.165, 1.54) is 0 Å². The monoisotopic (exact) mass is 504 g/mol. The Labute approximate surface area is 187 Å². The van der Waals surface area contributed by atoms with Crippen LogP contribution >= 0.6 is 24.0 Å². The van der Waals surface area contributed by atoms with E-state index in [1.807, 2.05) is 6.20 Å². The topological polar surface area (TPSA) is 65.0 Å². The number of nitrogens with zero attached hydrogens (tertiary/aromatic N) is 4. The van der Waals surface area contributed by atoms with Crippen LogP contribution in [-0.4, -0.2) is 74.4 Å². The molecule has 0 saturated carbocycles. The van der Waals surface area contributed by atoms with Crippen molar-refractivity contribution in [2.45, 2.75) is 40.3 Å². The van der Waals surface area contributed by atoms with Gasteiger partial charge in [0.2, 0.25) is 0 Å². The van der Waals surface area contributed by atoms with E-state index in [1.54, 1.807) is 0 Å². The summed E-state index contributed by atoms with van der Waals surface area (Å²) in [5, 5.41) is 6.79. The molecule has 0 aliphatic carbocycles. The molecule has 1 aliphatic rings. The van der Waals surface area contributed by atoms with E-state index in [0.29, 0.717) is 12.6 Å². The van der Waals surface area contributed by atoms with Gasteiger partial charge in [0.15, 0.2) is 5.96 Å². The van der Waals surface area contributed by atoms with Gasteiger partial charge in [-0.15, -0.1) is 24.0 Å². The van der Waals surface area contributed by atoms with Crippen LogP contribution in [0.4, 0.5) is 5.82 Å². The molecule has 0 spiro atoms. The lowest BCUT2D eigenvalue weighted by molar-refractivity contribution is 0.0211. The summed E-state index contributed by atoms with van der Waals surface area (Å²) in [6, 6.07) is 4.65. The second-order valence-electron chi connectivity index (χ2n) is 6.77. The van der Waals surface area contributed by atoms with Crippen LogP contribution in [0.3, 0.4) is 0 Å². The van der Waals surface area contributed by atoms with Crippen molar-refractivity contribution in [3.8, 4) is 0 Å². The zero-order valence-electron chi connectivity index (χ0n) is 17.8. The van der Waals surface area contributed by atoms with Gasteiger partial charge in [-0.1, -0.05) is 6.07 Å². The molecule has 7 nitrogen and oxygen atoms in total. The van der Waals surface area contributed by atoms with Crippen LogP contribution in [0.25, 0.3) is 0 Å². The first-order valence-electron chi connectivity index (χ1n) is 10.2. The second kappa shape index (κ2) is 13.9. The van der Waals surface area contributed by atoms with Crippen LogP contribution in [0.2, 0.25) is 0 Å². The Morgan fingerprint density at radius 2 is 1.93 bits per heavy atom. The number of anilines is 1. The predicted octanol–water partition coefficient (Wildman–Crippen LogP) is 2.32. The minimum absolute atomic E-state index is 0. The van der Waals surface area contributed by atoms with Crippen LogP contribution in [-0.2, 0) is 11.3 Å².